The maximum absolute atomic E-state index is 5.36. The van der Waals surface area contributed by atoms with Gasteiger partial charge in [-0.1, -0.05) is 29.3 Å². The Morgan fingerprint density at radius 3 is 1.83 bits per heavy atom. The third kappa shape index (κ3) is 4.32. The summed E-state index contributed by atoms with van der Waals surface area (Å²) in [5.41, 5.74) is 0. The summed E-state index contributed by atoms with van der Waals surface area (Å²) in [6.45, 7) is 5.02. The normalized spacial score (nSPS) is 11.2. The number of halogens is 2. The molecule has 2 heteroatoms. The van der Waals surface area contributed by atoms with Crippen LogP contribution in [0.25, 0.3) is 0 Å². The highest BCUT2D eigenvalue weighted by Gasteiger charge is 2.07. The van der Waals surface area contributed by atoms with Crippen molar-refractivity contribution in [3.63, 3.8) is 0 Å². The molecule has 0 amide bonds. The van der Waals surface area contributed by atoms with Crippen molar-refractivity contribution in [1.29, 1.82) is 0 Å². The van der Waals surface area contributed by atoms with E-state index in [-0.39, 0.29) is 0 Å². The fourth-order valence-electron chi connectivity index (χ4n) is 0. The number of rotatable bonds is 1. The summed E-state index contributed by atoms with van der Waals surface area (Å²) >= 11 is 10.7. The number of alkyl halides is 2. The molecule has 0 aromatic carbocycles. The van der Waals surface area contributed by atoms with Gasteiger partial charge in [0.15, 0.2) is 0 Å². The van der Waals surface area contributed by atoms with Crippen molar-refractivity contribution >= 4 is 23.2 Å². The van der Waals surface area contributed by atoms with Gasteiger partial charge in [0.05, 0.1) is 0 Å². The van der Waals surface area contributed by atoms with E-state index in [1.807, 2.05) is 0 Å². The number of allylic oxidation sites excluding steroid dienone is 1. The number of hydrogen-bond acceptors (Lipinski definition) is 0. The summed E-state index contributed by atoms with van der Waals surface area (Å²) in [6, 6.07) is 0. The Bertz CT molecular complexity index is 51.1. The van der Waals surface area contributed by atoms with Gasteiger partial charge in [-0.15, -0.1) is 6.58 Å². The van der Waals surface area contributed by atoms with Crippen LogP contribution in [0.1, 0.15) is 6.92 Å². The van der Waals surface area contributed by atoms with Crippen LogP contribution in [0.4, 0.5) is 0 Å². The maximum atomic E-state index is 5.36. The van der Waals surface area contributed by atoms with Gasteiger partial charge in [0.1, 0.15) is 4.33 Å². The molecule has 6 heavy (non-hydrogen) atoms. The molecule has 0 aliphatic heterocycles. The topological polar surface area (TPSA) is 0 Å². The molecule has 0 aliphatic carbocycles. The zero-order valence-electron chi connectivity index (χ0n) is 3.54. The zero-order chi connectivity index (χ0) is 5.21. The Kier molecular flexibility index (Phi) is 1.95. The van der Waals surface area contributed by atoms with E-state index >= 15 is 0 Å². The second-order valence-electron chi connectivity index (χ2n) is 1.16. The van der Waals surface area contributed by atoms with Crippen molar-refractivity contribution in [2.75, 3.05) is 0 Å². The highest BCUT2D eigenvalue weighted by Crippen LogP contribution is 2.19. The molecule has 0 aromatic heterocycles. The largest absolute Gasteiger partial charge is 0.133 e. The molecule has 0 N–H and O–H groups in total. The fourth-order valence-corrected chi connectivity index (χ4v) is 0. The van der Waals surface area contributed by atoms with E-state index in [0.29, 0.717) is 0 Å². The number of hydrogen-bond donors (Lipinski definition) is 0. The average Bonchev–Trinajstić information content (AvgIpc) is 1.35. The quantitative estimate of drug-likeness (QED) is 0.372. The van der Waals surface area contributed by atoms with Crippen LogP contribution in [0.15, 0.2) is 12.7 Å². The lowest BCUT2D eigenvalue weighted by molar-refractivity contribution is 1.13. The van der Waals surface area contributed by atoms with Crippen molar-refractivity contribution in [2.24, 2.45) is 0 Å². The lowest BCUT2D eigenvalue weighted by Crippen LogP contribution is -1.96. The predicted octanol–water partition coefficient (Wildman–Crippen LogP) is 2.37. The van der Waals surface area contributed by atoms with E-state index in [1.54, 1.807) is 6.92 Å². The van der Waals surface area contributed by atoms with E-state index in [4.69, 9.17) is 23.2 Å². The van der Waals surface area contributed by atoms with Crippen molar-refractivity contribution in [2.45, 2.75) is 11.3 Å². The van der Waals surface area contributed by atoms with Gasteiger partial charge in [-0.2, -0.15) is 0 Å². The molecule has 0 unspecified atom stereocenters. The van der Waals surface area contributed by atoms with Crippen LogP contribution >= 0.6 is 23.2 Å². The monoisotopic (exact) mass is 124 g/mol. The lowest BCUT2D eigenvalue weighted by atomic mass is 10.5. The molecule has 0 aliphatic rings. The predicted molar refractivity (Wildman–Crippen MR) is 30.3 cm³/mol. The standard InChI is InChI=1S/C4H6Cl2/c1-3-4(2,5)6/h3H,1H2,2H3. The minimum absolute atomic E-state index is 0.750. The van der Waals surface area contributed by atoms with Crippen molar-refractivity contribution in [3.05, 3.63) is 12.7 Å². The van der Waals surface area contributed by atoms with Gasteiger partial charge in [0, 0.05) is 0 Å². The summed E-state index contributed by atoms with van der Waals surface area (Å²) in [6.07, 6.45) is 1.47. The molecular formula is C4H6Cl2. The van der Waals surface area contributed by atoms with Crippen LogP contribution in [0.2, 0.25) is 0 Å². The Morgan fingerprint density at radius 2 is 1.83 bits per heavy atom. The molecular weight excluding hydrogens is 119 g/mol. The second kappa shape index (κ2) is 1.85. The summed E-state index contributed by atoms with van der Waals surface area (Å²) < 4.78 is -0.750. The highest BCUT2D eigenvalue weighted by atomic mass is 35.5. The maximum Gasteiger partial charge on any atom is 0.133 e. The molecule has 0 saturated heterocycles. The Balaban J connectivity index is 3.45. The first-order chi connectivity index (χ1) is 2.56. The molecule has 0 nitrogen and oxygen atoms in total. The molecule has 0 aromatic rings. The van der Waals surface area contributed by atoms with E-state index in [9.17, 15) is 0 Å². The van der Waals surface area contributed by atoms with Crippen molar-refractivity contribution < 1.29 is 0 Å². The fraction of sp³-hybridized carbons (Fsp3) is 0.500. The molecule has 0 rings (SSSR count). The van der Waals surface area contributed by atoms with Crippen LogP contribution in [0.3, 0.4) is 0 Å². The van der Waals surface area contributed by atoms with Crippen LogP contribution in [-0.2, 0) is 0 Å². The molecule has 36 valence electrons. The Morgan fingerprint density at radius 1 is 1.67 bits per heavy atom. The van der Waals surface area contributed by atoms with Crippen molar-refractivity contribution in [1.82, 2.24) is 0 Å². The first-order valence-corrected chi connectivity index (χ1v) is 2.33. The van der Waals surface area contributed by atoms with Gasteiger partial charge in [0.25, 0.3) is 0 Å². The Labute approximate surface area is 47.8 Å². The van der Waals surface area contributed by atoms with Gasteiger partial charge >= 0.3 is 0 Å². The molecule has 0 fully saturated rings. The first kappa shape index (κ1) is 6.32. The van der Waals surface area contributed by atoms with E-state index in [0.717, 1.165) is 0 Å². The lowest BCUT2D eigenvalue weighted by Gasteiger charge is -2.01. The summed E-state index contributed by atoms with van der Waals surface area (Å²) in [7, 11) is 0. The molecule has 0 saturated carbocycles. The molecule has 0 bridgehead atoms. The SMILES string of the molecule is C=CC(C)(Cl)Cl. The van der Waals surface area contributed by atoms with Gasteiger partial charge in [0.2, 0.25) is 0 Å². The molecule has 0 atom stereocenters. The smallest absolute Gasteiger partial charge is 0.100 e. The van der Waals surface area contributed by atoms with Crippen LogP contribution < -0.4 is 0 Å². The summed E-state index contributed by atoms with van der Waals surface area (Å²) in [5, 5.41) is 0. The third-order valence-corrected chi connectivity index (χ3v) is 0.667. The Hall–Kier alpha value is 0.320. The third-order valence-electron chi connectivity index (χ3n) is 0.358. The molecule has 0 spiro atoms. The minimum atomic E-state index is -0.750. The van der Waals surface area contributed by atoms with Crippen LogP contribution in [0, 0.1) is 0 Å². The first-order valence-electron chi connectivity index (χ1n) is 1.57. The second-order valence-corrected chi connectivity index (χ2v) is 2.92. The van der Waals surface area contributed by atoms with E-state index < -0.39 is 4.33 Å². The zero-order valence-corrected chi connectivity index (χ0v) is 5.05. The molecule has 0 radical (unpaired) electrons. The van der Waals surface area contributed by atoms with Crippen LogP contribution in [-0.4, -0.2) is 4.33 Å². The van der Waals surface area contributed by atoms with E-state index in [1.165, 1.54) is 6.08 Å². The van der Waals surface area contributed by atoms with Gasteiger partial charge in [-0.3, -0.25) is 0 Å². The van der Waals surface area contributed by atoms with E-state index in [2.05, 4.69) is 6.58 Å². The highest BCUT2D eigenvalue weighted by molar-refractivity contribution is 6.49. The summed E-state index contributed by atoms with van der Waals surface area (Å²) in [4.78, 5) is 0. The van der Waals surface area contributed by atoms with Gasteiger partial charge < -0.3 is 0 Å². The summed E-state index contributed by atoms with van der Waals surface area (Å²) in [5.74, 6) is 0. The average molecular weight is 125 g/mol. The molecule has 0 heterocycles. The minimum Gasteiger partial charge on any atom is -0.100 e. The van der Waals surface area contributed by atoms with Gasteiger partial charge in [-0.25, -0.2) is 0 Å². The van der Waals surface area contributed by atoms with Crippen molar-refractivity contribution in [3.8, 4) is 0 Å². The van der Waals surface area contributed by atoms with Gasteiger partial charge in [-0.05, 0) is 6.92 Å². The van der Waals surface area contributed by atoms with Crippen LogP contribution in [0.5, 0.6) is 0 Å².